The lowest BCUT2D eigenvalue weighted by Gasteiger charge is -2.21. The first-order chi connectivity index (χ1) is 14.7. The third-order valence-electron chi connectivity index (χ3n) is 5.09. The van der Waals surface area contributed by atoms with Gasteiger partial charge in [-0.2, -0.15) is 0 Å². The number of nitrogens with one attached hydrogen (secondary N) is 1. The number of hydrogen-bond donors (Lipinski definition) is 1. The summed E-state index contributed by atoms with van der Waals surface area (Å²) in [6, 6.07) is 10.2. The van der Waals surface area contributed by atoms with Gasteiger partial charge in [-0.25, -0.2) is 0 Å². The SMILES string of the molecule is C[C@H](NC(=O)CSc1nnc(-c2cccs2)n1C1CC1)c1ccc2c(c1)OCCO2. The van der Waals surface area contributed by atoms with E-state index in [-0.39, 0.29) is 11.9 Å². The van der Waals surface area contributed by atoms with Crippen molar-refractivity contribution < 1.29 is 14.3 Å². The van der Waals surface area contributed by atoms with Gasteiger partial charge in [0.2, 0.25) is 5.91 Å². The number of ether oxygens (including phenoxy) is 2. The predicted molar refractivity (Wildman–Crippen MR) is 116 cm³/mol. The fourth-order valence-electron chi connectivity index (χ4n) is 3.44. The van der Waals surface area contributed by atoms with Gasteiger partial charge in [-0.1, -0.05) is 23.9 Å². The zero-order valence-corrected chi connectivity index (χ0v) is 18.2. The highest BCUT2D eigenvalue weighted by Crippen LogP contribution is 2.41. The van der Waals surface area contributed by atoms with E-state index in [1.54, 1.807) is 11.3 Å². The van der Waals surface area contributed by atoms with Crippen LogP contribution in [0, 0.1) is 0 Å². The van der Waals surface area contributed by atoms with Gasteiger partial charge in [-0.05, 0) is 48.9 Å². The highest BCUT2D eigenvalue weighted by atomic mass is 32.2. The standard InChI is InChI=1S/C21H22N4O3S2/c1-13(14-4-7-16-17(11-14)28-9-8-27-16)22-19(26)12-30-21-24-23-20(18-3-2-10-29-18)25(21)15-5-6-15/h2-4,7,10-11,13,15H,5-6,8-9,12H2,1H3,(H,22,26)/t13-/m0/s1. The molecule has 1 fully saturated rings. The molecule has 156 valence electrons. The average Bonchev–Trinajstić information content (AvgIpc) is 3.28. The van der Waals surface area contributed by atoms with Crippen LogP contribution in [0.15, 0.2) is 40.9 Å². The quantitative estimate of drug-likeness (QED) is 0.556. The molecule has 3 aromatic rings. The van der Waals surface area contributed by atoms with E-state index < -0.39 is 0 Å². The molecule has 2 aromatic heterocycles. The van der Waals surface area contributed by atoms with Crippen molar-refractivity contribution in [1.82, 2.24) is 20.1 Å². The van der Waals surface area contributed by atoms with Crippen molar-refractivity contribution in [3.63, 3.8) is 0 Å². The minimum absolute atomic E-state index is 0.0367. The second-order valence-corrected chi connectivity index (χ2v) is 9.26. The summed E-state index contributed by atoms with van der Waals surface area (Å²) in [5.41, 5.74) is 0.985. The Kier molecular flexibility index (Phi) is 5.39. The van der Waals surface area contributed by atoms with Crippen molar-refractivity contribution in [2.45, 2.75) is 37.0 Å². The van der Waals surface area contributed by atoms with Gasteiger partial charge in [-0.15, -0.1) is 21.5 Å². The molecule has 0 saturated heterocycles. The van der Waals surface area contributed by atoms with E-state index in [1.807, 2.05) is 36.6 Å². The summed E-state index contributed by atoms with van der Waals surface area (Å²) in [6.07, 6.45) is 2.27. The Morgan fingerprint density at radius 1 is 1.27 bits per heavy atom. The van der Waals surface area contributed by atoms with Crippen LogP contribution in [-0.2, 0) is 4.79 Å². The maximum absolute atomic E-state index is 12.6. The van der Waals surface area contributed by atoms with E-state index in [2.05, 4.69) is 26.1 Å². The Hall–Kier alpha value is -2.52. The van der Waals surface area contributed by atoms with Crippen LogP contribution in [0.5, 0.6) is 11.5 Å². The molecular weight excluding hydrogens is 420 g/mol. The number of aromatic nitrogens is 3. The molecular formula is C21H22N4O3S2. The summed E-state index contributed by atoms with van der Waals surface area (Å²) in [5.74, 6) is 2.64. The molecule has 1 N–H and O–H groups in total. The van der Waals surface area contributed by atoms with Gasteiger partial charge in [0, 0.05) is 6.04 Å². The zero-order chi connectivity index (χ0) is 20.5. The van der Waals surface area contributed by atoms with Crippen LogP contribution in [0.4, 0.5) is 0 Å². The van der Waals surface area contributed by atoms with E-state index in [4.69, 9.17) is 9.47 Å². The molecule has 0 spiro atoms. The lowest BCUT2D eigenvalue weighted by Crippen LogP contribution is -2.28. The molecule has 30 heavy (non-hydrogen) atoms. The Bertz CT molecular complexity index is 1050. The van der Waals surface area contributed by atoms with E-state index in [0.29, 0.717) is 25.0 Å². The number of thiophene rings is 1. The maximum atomic E-state index is 12.6. The van der Waals surface area contributed by atoms with Crippen molar-refractivity contribution in [2.24, 2.45) is 0 Å². The van der Waals surface area contributed by atoms with Crippen molar-refractivity contribution in [3.8, 4) is 22.2 Å². The third-order valence-corrected chi connectivity index (χ3v) is 6.90. The molecule has 9 heteroatoms. The van der Waals surface area contributed by atoms with Crippen molar-refractivity contribution in [2.75, 3.05) is 19.0 Å². The molecule has 0 bridgehead atoms. The summed E-state index contributed by atoms with van der Waals surface area (Å²) in [7, 11) is 0. The fraction of sp³-hybridized carbons (Fsp3) is 0.381. The van der Waals surface area contributed by atoms with E-state index in [9.17, 15) is 4.79 Å². The second kappa shape index (κ2) is 8.31. The summed E-state index contributed by atoms with van der Waals surface area (Å²) in [4.78, 5) is 13.7. The first-order valence-corrected chi connectivity index (χ1v) is 11.9. The summed E-state index contributed by atoms with van der Waals surface area (Å²) < 4.78 is 13.4. The highest BCUT2D eigenvalue weighted by molar-refractivity contribution is 7.99. The Balaban J connectivity index is 1.23. The van der Waals surface area contributed by atoms with Crippen LogP contribution in [0.25, 0.3) is 10.7 Å². The molecule has 1 aromatic carbocycles. The van der Waals surface area contributed by atoms with Crippen molar-refractivity contribution in [1.29, 1.82) is 0 Å². The molecule has 1 saturated carbocycles. The normalized spacial score (nSPS) is 16.3. The molecule has 1 amide bonds. The molecule has 1 aliphatic carbocycles. The van der Waals surface area contributed by atoms with Crippen LogP contribution in [0.1, 0.15) is 37.4 Å². The Morgan fingerprint density at radius 2 is 2.10 bits per heavy atom. The number of carbonyl (C=O) groups is 1. The zero-order valence-electron chi connectivity index (χ0n) is 16.5. The number of amides is 1. The van der Waals surface area contributed by atoms with E-state index in [0.717, 1.165) is 45.8 Å². The first kappa shape index (κ1) is 19.4. The van der Waals surface area contributed by atoms with Crippen LogP contribution in [-0.4, -0.2) is 39.6 Å². The molecule has 1 aliphatic heterocycles. The topological polar surface area (TPSA) is 78.3 Å². The van der Waals surface area contributed by atoms with Crippen LogP contribution < -0.4 is 14.8 Å². The van der Waals surface area contributed by atoms with Gasteiger partial charge >= 0.3 is 0 Å². The second-order valence-electron chi connectivity index (χ2n) is 7.37. The summed E-state index contributed by atoms with van der Waals surface area (Å²) >= 11 is 3.10. The maximum Gasteiger partial charge on any atom is 0.230 e. The van der Waals surface area contributed by atoms with Crippen LogP contribution in [0.3, 0.4) is 0 Å². The summed E-state index contributed by atoms with van der Waals surface area (Å²) in [5, 5.41) is 14.7. The van der Waals surface area contributed by atoms with Gasteiger partial charge in [0.05, 0.1) is 16.7 Å². The van der Waals surface area contributed by atoms with Crippen molar-refractivity contribution in [3.05, 3.63) is 41.3 Å². The Labute approximate surface area is 182 Å². The predicted octanol–water partition coefficient (Wildman–Crippen LogP) is 4.08. The summed E-state index contributed by atoms with van der Waals surface area (Å²) in [6.45, 7) is 3.08. The smallest absolute Gasteiger partial charge is 0.230 e. The monoisotopic (exact) mass is 442 g/mol. The number of fused-ring (bicyclic) bond motifs is 1. The van der Waals surface area contributed by atoms with Gasteiger partial charge in [0.25, 0.3) is 0 Å². The molecule has 7 nitrogen and oxygen atoms in total. The lowest BCUT2D eigenvalue weighted by atomic mass is 10.1. The van der Waals surface area contributed by atoms with E-state index >= 15 is 0 Å². The van der Waals surface area contributed by atoms with Crippen molar-refractivity contribution >= 4 is 29.0 Å². The van der Waals surface area contributed by atoms with Gasteiger partial charge in [-0.3, -0.25) is 9.36 Å². The minimum atomic E-state index is -0.128. The number of nitrogens with zero attached hydrogens (tertiary/aromatic N) is 3. The molecule has 2 aliphatic rings. The Morgan fingerprint density at radius 3 is 2.87 bits per heavy atom. The van der Waals surface area contributed by atoms with Gasteiger partial charge in [0.1, 0.15) is 13.2 Å². The molecule has 3 heterocycles. The minimum Gasteiger partial charge on any atom is -0.486 e. The largest absolute Gasteiger partial charge is 0.486 e. The van der Waals surface area contributed by atoms with Crippen LogP contribution >= 0.6 is 23.1 Å². The van der Waals surface area contributed by atoms with Gasteiger partial charge < -0.3 is 14.8 Å². The van der Waals surface area contributed by atoms with Crippen LogP contribution in [0.2, 0.25) is 0 Å². The van der Waals surface area contributed by atoms with Gasteiger partial charge in [0.15, 0.2) is 22.5 Å². The first-order valence-electron chi connectivity index (χ1n) is 9.99. The molecule has 1 atom stereocenters. The number of thioether (sulfide) groups is 1. The van der Waals surface area contributed by atoms with E-state index in [1.165, 1.54) is 11.8 Å². The number of hydrogen-bond acceptors (Lipinski definition) is 7. The number of carbonyl (C=O) groups excluding carboxylic acids is 1. The third kappa shape index (κ3) is 4.04. The number of benzene rings is 1. The lowest BCUT2D eigenvalue weighted by molar-refractivity contribution is -0.119. The number of rotatable bonds is 7. The molecule has 0 unspecified atom stereocenters. The highest BCUT2D eigenvalue weighted by Gasteiger charge is 2.30. The molecule has 0 radical (unpaired) electrons. The fourth-order valence-corrected chi connectivity index (χ4v) is 4.96. The average molecular weight is 443 g/mol. The molecule has 5 rings (SSSR count).